The highest BCUT2D eigenvalue weighted by atomic mass is 32.1. The maximum Gasteiger partial charge on any atom is 0.254 e. The Kier molecular flexibility index (Phi) is 3.93. The van der Waals surface area contributed by atoms with E-state index in [9.17, 15) is 4.79 Å². The van der Waals surface area contributed by atoms with Crippen LogP contribution in [0.15, 0.2) is 18.2 Å². The molecule has 2 N–H and O–H groups in total. The Morgan fingerprint density at radius 3 is 2.83 bits per heavy atom. The first-order valence-electron chi connectivity index (χ1n) is 5.89. The van der Waals surface area contributed by atoms with Crippen LogP contribution >= 0.6 is 12.2 Å². The highest BCUT2D eigenvalue weighted by molar-refractivity contribution is 7.80. The van der Waals surface area contributed by atoms with Crippen LogP contribution < -0.4 is 5.73 Å². The molecule has 0 bridgehead atoms. The van der Waals surface area contributed by atoms with Gasteiger partial charge >= 0.3 is 0 Å². The van der Waals surface area contributed by atoms with Gasteiger partial charge in [-0.2, -0.15) is 0 Å². The number of ether oxygens (including phenoxy) is 1. The van der Waals surface area contributed by atoms with Crippen molar-refractivity contribution in [3.8, 4) is 0 Å². The predicted octanol–water partition coefficient (Wildman–Crippen LogP) is 1.47. The summed E-state index contributed by atoms with van der Waals surface area (Å²) in [5, 5.41) is 0. The van der Waals surface area contributed by atoms with Crippen molar-refractivity contribution in [2.75, 3.05) is 13.1 Å². The van der Waals surface area contributed by atoms with Gasteiger partial charge in [0, 0.05) is 12.1 Å². The van der Waals surface area contributed by atoms with Crippen LogP contribution in [0, 0.1) is 0 Å². The lowest BCUT2D eigenvalue weighted by Gasteiger charge is -2.20. The second-order valence-electron chi connectivity index (χ2n) is 4.26. The van der Waals surface area contributed by atoms with Gasteiger partial charge in [-0.05, 0) is 30.2 Å². The number of fused-ring (bicyclic) bond motifs is 1. The van der Waals surface area contributed by atoms with Gasteiger partial charge in [0.25, 0.3) is 5.91 Å². The zero-order valence-corrected chi connectivity index (χ0v) is 11.1. The van der Waals surface area contributed by atoms with E-state index in [0.717, 1.165) is 11.1 Å². The third-order valence-corrected chi connectivity index (χ3v) is 3.11. The van der Waals surface area contributed by atoms with Gasteiger partial charge in [0.2, 0.25) is 0 Å². The second kappa shape index (κ2) is 5.46. The number of hydrogen-bond donors (Lipinski definition) is 1. The molecule has 1 aromatic rings. The smallest absolute Gasteiger partial charge is 0.254 e. The van der Waals surface area contributed by atoms with E-state index in [0.29, 0.717) is 36.9 Å². The minimum absolute atomic E-state index is 0.0417. The second-order valence-corrected chi connectivity index (χ2v) is 4.79. The summed E-state index contributed by atoms with van der Waals surface area (Å²) in [6, 6.07) is 5.68. The Hall–Kier alpha value is -1.46. The molecule has 1 amide bonds. The average Bonchev–Trinajstić information content (AvgIpc) is 2.81. The molecule has 2 rings (SSSR count). The van der Waals surface area contributed by atoms with Crippen molar-refractivity contribution in [1.29, 1.82) is 0 Å². The Bertz CT molecular complexity index is 488. The summed E-state index contributed by atoms with van der Waals surface area (Å²) < 4.78 is 5.34. The molecular formula is C13H16N2O2S. The van der Waals surface area contributed by atoms with E-state index < -0.39 is 0 Å². The van der Waals surface area contributed by atoms with Gasteiger partial charge < -0.3 is 15.4 Å². The number of carbonyl (C=O) groups is 1. The summed E-state index contributed by atoms with van der Waals surface area (Å²) in [6.45, 7) is 4.03. The highest BCUT2D eigenvalue weighted by Gasteiger charge is 2.18. The number of carbonyl (C=O) groups excluding carboxylic acids is 1. The van der Waals surface area contributed by atoms with Crippen molar-refractivity contribution >= 4 is 23.1 Å². The quantitative estimate of drug-likeness (QED) is 0.837. The largest absolute Gasteiger partial charge is 0.392 e. The van der Waals surface area contributed by atoms with Crippen LogP contribution in [0.5, 0.6) is 0 Å². The normalized spacial score (nSPS) is 13.2. The number of nitrogens with zero attached hydrogens (tertiary/aromatic N) is 1. The van der Waals surface area contributed by atoms with Crippen molar-refractivity contribution in [3.63, 3.8) is 0 Å². The van der Waals surface area contributed by atoms with Crippen LogP contribution in [0.2, 0.25) is 0 Å². The monoisotopic (exact) mass is 264 g/mol. The third kappa shape index (κ3) is 2.68. The predicted molar refractivity (Wildman–Crippen MR) is 73.3 cm³/mol. The van der Waals surface area contributed by atoms with Gasteiger partial charge in [-0.25, -0.2) is 0 Å². The van der Waals surface area contributed by atoms with Gasteiger partial charge in [-0.15, -0.1) is 0 Å². The van der Waals surface area contributed by atoms with Crippen molar-refractivity contribution in [3.05, 3.63) is 34.9 Å². The van der Waals surface area contributed by atoms with E-state index in [1.54, 1.807) is 4.90 Å². The Morgan fingerprint density at radius 2 is 2.17 bits per heavy atom. The van der Waals surface area contributed by atoms with E-state index in [1.165, 1.54) is 0 Å². The number of hydrogen-bond acceptors (Lipinski definition) is 3. The molecule has 0 aliphatic carbocycles. The molecule has 1 heterocycles. The van der Waals surface area contributed by atoms with Crippen LogP contribution in [-0.4, -0.2) is 28.9 Å². The molecule has 1 aliphatic heterocycles. The number of rotatable bonds is 4. The van der Waals surface area contributed by atoms with Crippen LogP contribution in [0.1, 0.15) is 28.4 Å². The Labute approximate surface area is 112 Å². The molecule has 4 nitrogen and oxygen atoms in total. The first kappa shape index (κ1) is 13.0. The fourth-order valence-corrected chi connectivity index (χ4v) is 2.16. The molecule has 0 unspecified atom stereocenters. The minimum atomic E-state index is -0.0417. The number of amides is 1. The molecular weight excluding hydrogens is 248 g/mol. The molecule has 18 heavy (non-hydrogen) atoms. The fraction of sp³-hybridized carbons (Fsp3) is 0.385. The van der Waals surface area contributed by atoms with E-state index >= 15 is 0 Å². The highest BCUT2D eigenvalue weighted by Crippen LogP contribution is 2.21. The van der Waals surface area contributed by atoms with Crippen LogP contribution in [-0.2, 0) is 18.0 Å². The van der Waals surface area contributed by atoms with Gasteiger partial charge in [0.15, 0.2) is 0 Å². The summed E-state index contributed by atoms with van der Waals surface area (Å²) in [6.07, 6.45) is 0. The maximum atomic E-state index is 12.3. The third-order valence-electron chi connectivity index (χ3n) is 2.98. The van der Waals surface area contributed by atoms with Crippen LogP contribution in [0.25, 0.3) is 0 Å². The van der Waals surface area contributed by atoms with Crippen molar-refractivity contribution < 1.29 is 9.53 Å². The first-order chi connectivity index (χ1) is 8.61. The molecule has 96 valence electrons. The van der Waals surface area contributed by atoms with Gasteiger partial charge in [-0.3, -0.25) is 4.79 Å². The van der Waals surface area contributed by atoms with Gasteiger partial charge in [-0.1, -0.05) is 18.3 Å². The van der Waals surface area contributed by atoms with E-state index in [1.807, 2.05) is 25.1 Å². The molecule has 0 atom stereocenters. The molecule has 0 fully saturated rings. The van der Waals surface area contributed by atoms with Crippen molar-refractivity contribution in [2.45, 2.75) is 20.1 Å². The van der Waals surface area contributed by atoms with Crippen molar-refractivity contribution in [2.24, 2.45) is 5.73 Å². The number of nitrogens with two attached hydrogens (primary N) is 1. The minimum Gasteiger partial charge on any atom is -0.392 e. The Morgan fingerprint density at radius 1 is 1.44 bits per heavy atom. The zero-order chi connectivity index (χ0) is 13.1. The summed E-state index contributed by atoms with van der Waals surface area (Å²) in [5.41, 5.74) is 8.40. The molecule has 5 heteroatoms. The van der Waals surface area contributed by atoms with E-state index in [2.05, 4.69) is 0 Å². The van der Waals surface area contributed by atoms with Crippen molar-refractivity contribution in [1.82, 2.24) is 4.90 Å². The van der Waals surface area contributed by atoms with Crippen LogP contribution in [0.4, 0.5) is 0 Å². The standard InChI is InChI=1S/C13H16N2O2S/c1-2-15(6-12(14)18)13(16)9-3-4-10-7-17-8-11(10)5-9/h3-5H,2,6-8H2,1H3,(H2,14,18). The molecule has 0 saturated heterocycles. The Balaban J connectivity index is 2.19. The molecule has 0 spiro atoms. The topological polar surface area (TPSA) is 55.6 Å². The van der Waals surface area contributed by atoms with E-state index in [-0.39, 0.29) is 5.91 Å². The number of likely N-dealkylation sites (N-methyl/N-ethyl adjacent to an activating group) is 1. The van der Waals surface area contributed by atoms with Crippen LogP contribution in [0.3, 0.4) is 0 Å². The number of benzene rings is 1. The summed E-state index contributed by atoms with van der Waals surface area (Å²) in [4.78, 5) is 14.2. The lowest BCUT2D eigenvalue weighted by Crippen LogP contribution is -2.37. The summed E-state index contributed by atoms with van der Waals surface area (Å²) in [7, 11) is 0. The molecule has 1 aliphatic rings. The zero-order valence-electron chi connectivity index (χ0n) is 10.3. The molecule has 1 aromatic carbocycles. The van der Waals surface area contributed by atoms with E-state index in [4.69, 9.17) is 22.7 Å². The maximum absolute atomic E-state index is 12.3. The molecule has 0 aromatic heterocycles. The van der Waals surface area contributed by atoms with Gasteiger partial charge in [0.1, 0.15) is 0 Å². The SMILES string of the molecule is CCN(CC(N)=S)C(=O)c1ccc2c(c1)COC2. The average molecular weight is 264 g/mol. The summed E-state index contributed by atoms with van der Waals surface area (Å²) >= 11 is 4.85. The first-order valence-corrected chi connectivity index (χ1v) is 6.29. The van der Waals surface area contributed by atoms with Gasteiger partial charge in [0.05, 0.1) is 24.7 Å². The molecule has 0 saturated carbocycles. The molecule has 0 radical (unpaired) electrons. The summed E-state index contributed by atoms with van der Waals surface area (Å²) in [5.74, 6) is -0.0417. The lowest BCUT2D eigenvalue weighted by atomic mass is 10.1. The lowest BCUT2D eigenvalue weighted by molar-refractivity contribution is 0.0787. The fourth-order valence-electron chi connectivity index (χ4n) is 2.00. The number of thiocarbonyl (C=S) groups is 1.